The molecule has 0 amide bonds. The number of likely N-dealkylation sites (N-methyl/N-ethyl adjacent to an activating group) is 1. The number of aromatic amines is 1. The number of aromatic nitrogens is 4. The van der Waals surface area contributed by atoms with Crippen molar-refractivity contribution < 1.29 is 0 Å². The lowest BCUT2D eigenvalue weighted by molar-refractivity contribution is 0.244. The van der Waals surface area contributed by atoms with Crippen LogP contribution < -0.4 is 10.5 Å². The molecule has 3 aromatic rings. The Morgan fingerprint density at radius 1 is 1.17 bits per heavy atom. The van der Waals surface area contributed by atoms with E-state index in [4.69, 9.17) is 4.98 Å². The lowest BCUT2D eigenvalue weighted by Gasteiger charge is -2.32. The topological polar surface area (TPSA) is 81.2 Å². The van der Waals surface area contributed by atoms with Gasteiger partial charge >= 0.3 is 0 Å². The first-order valence-corrected chi connectivity index (χ1v) is 11.1. The molecule has 3 aromatic heterocycles. The maximum absolute atomic E-state index is 12.7. The van der Waals surface area contributed by atoms with E-state index in [-0.39, 0.29) is 5.56 Å². The third-order valence-electron chi connectivity index (χ3n) is 5.78. The monoisotopic (exact) mass is 423 g/mol. The minimum absolute atomic E-state index is 0.0500. The molecule has 0 spiro atoms. The standard InChI is InChI=1S/C21H25N7OS/c1-26-7-9-28(10-8-26)21-23-12-16(30-21)13-27-6-4-18-17(14-27)20(29)25-19(24-18)15-3-2-5-22-11-15/h2-3,5,11-12H,4,6-10,13-14H2,1H3,(H,24,25,29). The fraction of sp³-hybridized carbons (Fsp3) is 0.429. The normalized spacial score (nSPS) is 17.8. The van der Waals surface area contributed by atoms with Gasteiger partial charge in [-0.2, -0.15) is 0 Å². The summed E-state index contributed by atoms with van der Waals surface area (Å²) < 4.78 is 0. The van der Waals surface area contributed by atoms with E-state index < -0.39 is 0 Å². The van der Waals surface area contributed by atoms with E-state index in [0.717, 1.165) is 67.6 Å². The van der Waals surface area contributed by atoms with Crippen molar-refractivity contribution in [1.29, 1.82) is 0 Å². The predicted octanol–water partition coefficient (Wildman–Crippen LogP) is 1.60. The van der Waals surface area contributed by atoms with Crippen LogP contribution in [0.15, 0.2) is 35.5 Å². The summed E-state index contributed by atoms with van der Waals surface area (Å²) in [6.07, 6.45) is 6.20. The van der Waals surface area contributed by atoms with Crippen molar-refractivity contribution in [2.24, 2.45) is 0 Å². The minimum atomic E-state index is -0.0500. The molecule has 156 valence electrons. The first kappa shape index (κ1) is 19.3. The second kappa shape index (κ2) is 8.25. The van der Waals surface area contributed by atoms with Crippen LogP contribution in [0.3, 0.4) is 0 Å². The molecule has 5 heterocycles. The zero-order valence-corrected chi connectivity index (χ0v) is 17.9. The maximum Gasteiger partial charge on any atom is 0.255 e. The molecule has 0 saturated carbocycles. The summed E-state index contributed by atoms with van der Waals surface area (Å²) in [6.45, 7) is 6.53. The van der Waals surface area contributed by atoms with Crippen LogP contribution in [0, 0.1) is 0 Å². The van der Waals surface area contributed by atoms with Crippen LogP contribution in [0.4, 0.5) is 5.13 Å². The van der Waals surface area contributed by atoms with Crippen molar-refractivity contribution in [2.75, 3.05) is 44.7 Å². The first-order valence-electron chi connectivity index (χ1n) is 10.3. The number of thiazole rings is 1. The second-order valence-electron chi connectivity index (χ2n) is 7.94. The van der Waals surface area contributed by atoms with Crippen LogP contribution in [0.2, 0.25) is 0 Å². The molecular weight excluding hydrogens is 398 g/mol. The molecule has 30 heavy (non-hydrogen) atoms. The van der Waals surface area contributed by atoms with Gasteiger partial charge in [0.25, 0.3) is 5.56 Å². The van der Waals surface area contributed by atoms with E-state index in [2.05, 4.69) is 36.7 Å². The largest absolute Gasteiger partial charge is 0.346 e. The summed E-state index contributed by atoms with van der Waals surface area (Å²) in [5.74, 6) is 0.597. The van der Waals surface area contributed by atoms with Gasteiger partial charge in [0.15, 0.2) is 5.13 Å². The van der Waals surface area contributed by atoms with Gasteiger partial charge in [-0.15, -0.1) is 11.3 Å². The van der Waals surface area contributed by atoms with Gasteiger partial charge in [-0.25, -0.2) is 9.97 Å². The number of anilines is 1. The average Bonchev–Trinajstić information content (AvgIpc) is 3.23. The van der Waals surface area contributed by atoms with Crippen molar-refractivity contribution in [1.82, 2.24) is 29.7 Å². The zero-order chi connectivity index (χ0) is 20.5. The van der Waals surface area contributed by atoms with Crippen molar-refractivity contribution in [3.05, 3.63) is 57.2 Å². The smallest absolute Gasteiger partial charge is 0.255 e. The first-order chi connectivity index (χ1) is 14.7. The van der Waals surface area contributed by atoms with Crippen LogP contribution in [0.1, 0.15) is 16.1 Å². The van der Waals surface area contributed by atoms with E-state index in [1.54, 1.807) is 23.7 Å². The molecule has 9 heteroatoms. The number of hydrogen-bond acceptors (Lipinski definition) is 8. The Balaban J connectivity index is 1.28. The van der Waals surface area contributed by atoms with Crippen LogP contribution in [-0.2, 0) is 19.5 Å². The Morgan fingerprint density at radius 2 is 2.03 bits per heavy atom. The summed E-state index contributed by atoms with van der Waals surface area (Å²) >= 11 is 1.77. The molecule has 0 aromatic carbocycles. The number of nitrogens with one attached hydrogen (secondary N) is 1. The molecule has 5 rings (SSSR count). The molecular formula is C21H25N7OS. The summed E-state index contributed by atoms with van der Waals surface area (Å²) in [5.41, 5.74) is 2.46. The van der Waals surface area contributed by atoms with Crippen LogP contribution >= 0.6 is 11.3 Å². The number of piperazine rings is 1. The molecule has 0 unspecified atom stereocenters. The summed E-state index contributed by atoms with van der Waals surface area (Å²) in [7, 11) is 2.16. The highest BCUT2D eigenvalue weighted by atomic mass is 32.1. The Bertz CT molecular complexity index is 1070. The van der Waals surface area contributed by atoms with E-state index in [1.165, 1.54) is 4.88 Å². The van der Waals surface area contributed by atoms with Gasteiger partial charge < -0.3 is 14.8 Å². The van der Waals surface area contributed by atoms with E-state index in [9.17, 15) is 4.79 Å². The van der Waals surface area contributed by atoms with Crippen molar-refractivity contribution in [3.63, 3.8) is 0 Å². The Morgan fingerprint density at radius 3 is 2.83 bits per heavy atom. The molecule has 1 N–H and O–H groups in total. The molecule has 0 radical (unpaired) electrons. The molecule has 8 nitrogen and oxygen atoms in total. The van der Waals surface area contributed by atoms with Gasteiger partial charge in [0.1, 0.15) is 5.82 Å². The summed E-state index contributed by atoms with van der Waals surface area (Å²) in [6, 6.07) is 3.76. The predicted molar refractivity (Wildman–Crippen MR) is 118 cm³/mol. The Kier molecular flexibility index (Phi) is 5.32. The molecule has 1 fully saturated rings. The summed E-state index contributed by atoms with van der Waals surface area (Å²) in [4.78, 5) is 37.4. The highest BCUT2D eigenvalue weighted by Crippen LogP contribution is 2.26. The van der Waals surface area contributed by atoms with Gasteiger partial charge in [0.2, 0.25) is 0 Å². The number of rotatable bonds is 4. The van der Waals surface area contributed by atoms with Gasteiger partial charge in [-0.3, -0.25) is 14.7 Å². The van der Waals surface area contributed by atoms with Crippen molar-refractivity contribution in [3.8, 4) is 11.4 Å². The molecule has 2 aliphatic rings. The Hall–Kier alpha value is -2.62. The number of H-pyrrole nitrogens is 1. The third kappa shape index (κ3) is 4.00. The van der Waals surface area contributed by atoms with Crippen LogP contribution in [0.25, 0.3) is 11.4 Å². The second-order valence-corrected chi connectivity index (χ2v) is 9.04. The van der Waals surface area contributed by atoms with Crippen LogP contribution in [0.5, 0.6) is 0 Å². The minimum Gasteiger partial charge on any atom is -0.346 e. The van der Waals surface area contributed by atoms with E-state index in [0.29, 0.717) is 12.4 Å². The SMILES string of the molecule is CN1CCN(c2ncc(CN3CCc4nc(-c5cccnc5)[nH]c(=O)c4C3)s2)CC1. The van der Waals surface area contributed by atoms with Gasteiger partial charge in [0, 0.05) is 81.3 Å². The van der Waals surface area contributed by atoms with Crippen molar-refractivity contribution in [2.45, 2.75) is 19.5 Å². The number of pyridine rings is 1. The highest BCUT2D eigenvalue weighted by molar-refractivity contribution is 7.15. The fourth-order valence-electron chi connectivity index (χ4n) is 3.99. The lowest BCUT2D eigenvalue weighted by Crippen LogP contribution is -2.44. The molecule has 1 saturated heterocycles. The third-order valence-corrected chi connectivity index (χ3v) is 6.82. The fourth-order valence-corrected chi connectivity index (χ4v) is 4.99. The zero-order valence-electron chi connectivity index (χ0n) is 17.0. The van der Waals surface area contributed by atoms with Crippen LogP contribution in [-0.4, -0.2) is 69.5 Å². The van der Waals surface area contributed by atoms with Gasteiger partial charge in [-0.05, 0) is 19.2 Å². The molecule has 0 atom stereocenters. The number of fused-ring (bicyclic) bond motifs is 1. The van der Waals surface area contributed by atoms with Gasteiger partial charge in [-0.1, -0.05) is 0 Å². The molecule has 2 aliphatic heterocycles. The van der Waals surface area contributed by atoms with Crippen molar-refractivity contribution >= 4 is 16.5 Å². The molecule has 0 aliphatic carbocycles. The quantitative estimate of drug-likeness (QED) is 0.683. The van der Waals surface area contributed by atoms with E-state index in [1.807, 2.05) is 18.3 Å². The van der Waals surface area contributed by atoms with Gasteiger partial charge in [0.05, 0.1) is 11.3 Å². The Labute approximate surface area is 179 Å². The average molecular weight is 424 g/mol. The lowest BCUT2D eigenvalue weighted by atomic mass is 10.1. The number of nitrogens with zero attached hydrogens (tertiary/aromatic N) is 6. The number of hydrogen-bond donors (Lipinski definition) is 1. The highest BCUT2D eigenvalue weighted by Gasteiger charge is 2.23. The molecule has 0 bridgehead atoms. The maximum atomic E-state index is 12.7. The van der Waals surface area contributed by atoms with E-state index >= 15 is 0 Å². The summed E-state index contributed by atoms with van der Waals surface area (Å²) in [5, 5.41) is 1.11.